The number of anilines is 1. The number of nitrogens with zero attached hydrogens (tertiary/aromatic N) is 3. The second-order valence-corrected chi connectivity index (χ2v) is 5.95. The van der Waals surface area contributed by atoms with Gasteiger partial charge in [-0.2, -0.15) is 5.10 Å². The van der Waals surface area contributed by atoms with Gasteiger partial charge in [-0.15, -0.1) is 0 Å². The zero-order chi connectivity index (χ0) is 17.9. The van der Waals surface area contributed by atoms with Crippen LogP contribution in [0, 0.1) is 6.92 Å². The normalized spacial score (nSPS) is 11.3. The number of hydrazone groups is 1. The van der Waals surface area contributed by atoms with E-state index in [1.807, 2.05) is 67.7 Å². The summed E-state index contributed by atoms with van der Waals surface area (Å²) in [5, 5.41) is 6.47. The molecule has 2 aromatic heterocycles. The molecule has 5 heteroatoms. The van der Waals surface area contributed by atoms with Crippen molar-refractivity contribution in [3.63, 3.8) is 0 Å². The van der Waals surface area contributed by atoms with Crippen molar-refractivity contribution in [1.82, 2.24) is 9.97 Å². The third kappa shape index (κ3) is 2.95. The Kier molecular flexibility index (Phi) is 4.19. The molecule has 0 amide bonds. The zero-order valence-corrected chi connectivity index (χ0v) is 14.6. The van der Waals surface area contributed by atoms with Gasteiger partial charge in [-0.05, 0) is 31.2 Å². The van der Waals surface area contributed by atoms with E-state index in [0.717, 1.165) is 44.5 Å². The first-order valence-electron chi connectivity index (χ1n) is 8.33. The number of rotatable bonds is 4. The maximum absolute atomic E-state index is 5.42. The lowest BCUT2D eigenvalue weighted by atomic mass is 10.1. The van der Waals surface area contributed by atoms with Gasteiger partial charge in [0.25, 0.3) is 0 Å². The first-order valence-corrected chi connectivity index (χ1v) is 8.33. The average molecular weight is 342 g/mol. The van der Waals surface area contributed by atoms with E-state index in [9.17, 15) is 0 Å². The first-order chi connectivity index (χ1) is 12.8. The number of para-hydroxylation sites is 2. The Morgan fingerprint density at radius 3 is 2.77 bits per heavy atom. The third-order valence-corrected chi connectivity index (χ3v) is 4.22. The van der Waals surface area contributed by atoms with Crippen LogP contribution in [0.25, 0.3) is 21.8 Å². The maximum atomic E-state index is 5.42. The van der Waals surface area contributed by atoms with Gasteiger partial charge in [0.1, 0.15) is 11.3 Å². The smallest absolute Gasteiger partial charge is 0.145 e. The van der Waals surface area contributed by atoms with Crippen LogP contribution >= 0.6 is 0 Å². The van der Waals surface area contributed by atoms with Crippen molar-refractivity contribution in [2.24, 2.45) is 5.10 Å². The van der Waals surface area contributed by atoms with Crippen molar-refractivity contribution >= 4 is 33.7 Å². The molecule has 5 nitrogen and oxygen atoms in total. The zero-order valence-electron chi connectivity index (χ0n) is 14.6. The monoisotopic (exact) mass is 342 g/mol. The lowest BCUT2D eigenvalue weighted by molar-refractivity contribution is 0.419. The molecule has 0 aliphatic rings. The lowest BCUT2D eigenvalue weighted by Crippen LogP contribution is -1.97. The van der Waals surface area contributed by atoms with E-state index in [-0.39, 0.29) is 0 Å². The minimum atomic E-state index is 0.748. The van der Waals surface area contributed by atoms with Gasteiger partial charge in [-0.25, -0.2) is 4.98 Å². The number of hydrogen-bond donors (Lipinski definition) is 1. The molecule has 0 atom stereocenters. The Morgan fingerprint density at radius 2 is 1.88 bits per heavy atom. The fourth-order valence-corrected chi connectivity index (χ4v) is 3.01. The number of ether oxygens (including phenoxy) is 1. The van der Waals surface area contributed by atoms with Crippen molar-refractivity contribution in [3.05, 3.63) is 72.1 Å². The quantitative estimate of drug-likeness (QED) is 0.437. The number of benzene rings is 2. The highest BCUT2D eigenvalue weighted by Gasteiger charge is 2.08. The van der Waals surface area contributed by atoms with Crippen molar-refractivity contribution in [1.29, 1.82) is 0 Å². The average Bonchev–Trinajstić information content (AvgIpc) is 2.67. The number of hydrogen-bond acceptors (Lipinski definition) is 5. The summed E-state index contributed by atoms with van der Waals surface area (Å²) in [6.45, 7) is 1.96. The molecule has 2 heterocycles. The van der Waals surface area contributed by atoms with Gasteiger partial charge in [0.2, 0.25) is 0 Å². The molecule has 0 aliphatic carbocycles. The van der Waals surface area contributed by atoms with E-state index in [1.54, 1.807) is 13.3 Å². The predicted octanol–water partition coefficient (Wildman–Crippen LogP) is 4.55. The first kappa shape index (κ1) is 16.0. The molecule has 0 saturated heterocycles. The van der Waals surface area contributed by atoms with Gasteiger partial charge in [0.05, 0.1) is 24.5 Å². The van der Waals surface area contributed by atoms with Crippen molar-refractivity contribution < 1.29 is 4.74 Å². The second-order valence-electron chi connectivity index (χ2n) is 5.95. The highest BCUT2D eigenvalue weighted by atomic mass is 16.5. The molecule has 4 aromatic rings. The van der Waals surface area contributed by atoms with Crippen LogP contribution in [-0.2, 0) is 0 Å². The van der Waals surface area contributed by atoms with Gasteiger partial charge < -0.3 is 4.74 Å². The number of pyridine rings is 2. The molecule has 0 bridgehead atoms. The molecular formula is C21H18N4O. The molecule has 128 valence electrons. The van der Waals surface area contributed by atoms with E-state index < -0.39 is 0 Å². The number of methoxy groups -OCH3 is 1. The minimum Gasteiger partial charge on any atom is -0.494 e. The van der Waals surface area contributed by atoms with Crippen molar-refractivity contribution in [2.45, 2.75) is 6.92 Å². The van der Waals surface area contributed by atoms with E-state index in [0.29, 0.717) is 0 Å². The summed E-state index contributed by atoms with van der Waals surface area (Å²) < 4.78 is 5.42. The van der Waals surface area contributed by atoms with E-state index in [1.165, 1.54) is 0 Å². The van der Waals surface area contributed by atoms with E-state index >= 15 is 0 Å². The Hall–Kier alpha value is -3.47. The van der Waals surface area contributed by atoms with Crippen LogP contribution in [0.1, 0.15) is 11.3 Å². The van der Waals surface area contributed by atoms with Crippen LogP contribution in [0.5, 0.6) is 5.75 Å². The summed E-state index contributed by atoms with van der Waals surface area (Å²) in [6.07, 6.45) is 3.60. The lowest BCUT2D eigenvalue weighted by Gasteiger charge is -2.10. The minimum absolute atomic E-state index is 0.748. The van der Waals surface area contributed by atoms with Crippen LogP contribution in [0.2, 0.25) is 0 Å². The fraction of sp³-hybridized carbons (Fsp3) is 0.0952. The van der Waals surface area contributed by atoms with Gasteiger partial charge in [0.15, 0.2) is 0 Å². The van der Waals surface area contributed by atoms with Crippen LogP contribution in [0.3, 0.4) is 0 Å². The summed E-state index contributed by atoms with van der Waals surface area (Å²) >= 11 is 0. The Balaban J connectivity index is 1.70. The molecule has 0 fully saturated rings. The molecular weight excluding hydrogens is 324 g/mol. The fourth-order valence-electron chi connectivity index (χ4n) is 3.01. The molecule has 4 rings (SSSR count). The van der Waals surface area contributed by atoms with Gasteiger partial charge >= 0.3 is 0 Å². The van der Waals surface area contributed by atoms with Gasteiger partial charge in [0, 0.05) is 28.2 Å². The summed E-state index contributed by atoms with van der Waals surface area (Å²) in [7, 11) is 1.65. The summed E-state index contributed by atoms with van der Waals surface area (Å²) in [4.78, 5) is 8.96. The molecule has 0 radical (unpaired) electrons. The third-order valence-electron chi connectivity index (χ3n) is 4.22. The van der Waals surface area contributed by atoms with Crippen LogP contribution < -0.4 is 10.2 Å². The summed E-state index contributed by atoms with van der Waals surface area (Å²) in [6, 6.07) is 17.8. The highest BCUT2D eigenvalue weighted by Crippen LogP contribution is 2.29. The molecule has 0 saturated carbocycles. The molecule has 0 aliphatic heterocycles. The SMILES string of the molecule is COc1cccc2c(N/N=C/c3ccnc4ccccc34)cc(C)nc12. The standard InChI is InChI=1S/C21H18N4O/c1-14-12-19(17-7-5-9-20(26-2)21(17)24-14)25-23-13-15-10-11-22-18-8-4-3-6-16(15)18/h3-13H,1-2H3,(H,24,25)/b23-13+. The highest BCUT2D eigenvalue weighted by molar-refractivity contribution is 5.99. The van der Waals surface area contributed by atoms with E-state index in [4.69, 9.17) is 4.74 Å². The topological polar surface area (TPSA) is 59.4 Å². The van der Waals surface area contributed by atoms with Crippen LogP contribution in [0.4, 0.5) is 5.69 Å². The second kappa shape index (κ2) is 6.80. The molecule has 1 N–H and O–H groups in total. The van der Waals surface area contributed by atoms with Crippen molar-refractivity contribution in [2.75, 3.05) is 12.5 Å². The molecule has 0 spiro atoms. The molecule has 2 aromatic carbocycles. The number of nitrogens with one attached hydrogen (secondary N) is 1. The maximum Gasteiger partial charge on any atom is 0.145 e. The Bertz CT molecular complexity index is 1120. The number of fused-ring (bicyclic) bond motifs is 2. The van der Waals surface area contributed by atoms with Crippen LogP contribution in [0.15, 0.2) is 65.9 Å². The number of aryl methyl sites for hydroxylation is 1. The van der Waals surface area contributed by atoms with Gasteiger partial charge in [-0.3, -0.25) is 10.4 Å². The molecule has 0 unspecified atom stereocenters. The summed E-state index contributed by atoms with van der Waals surface area (Å²) in [5.41, 5.74) is 7.72. The van der Waals surface area contributed by atoms with Crippen LogP contribution in [-0.4, -0.2) is 23.3 Å². The summed E-state index contributed by atoms with van der Waals surface area (Å²) in [5.74, 6) is 0.748. The van der Waals surface area contributed by atoms with Gasteiger partial charge in [-0.1, -0.05) is 30.3 Å². The van der Waals surface area contributed by atoms with Crippen molar-refractivity contribution in [3.8, 4) is 5.75 Å². The Labute approximate surface area is 151 Å². The molecule has 26 heavy (non-hydrogen) atoms. The largest absolute Gasteiger partial charge is 0.494 e. The Morgan fingerprint density at radius 1 is 1.04 bits per heavy atom. The van der Waals surface area contributed by atoms with E-state index in [2.05, 4.69) is 20.5 Å². The predicted molar refractivity (Wildman–Crippen MR) is 106 cm³/mol. The number of aromatic nitrogens is 2.